The number of nitrogens with one attached hydrogen (secondary N) is 1. The Bertz CT molecular complexity index is 736. The van der Waals surface area contributed by atoms with Crippen LogP contribution in [-0.2, 0) is 11.3 Å². The maximum atomic E-state index is 12.1. The maximum absolute atomic E-state index is 12.1. The van der Waals surface area contributed by atoms with E-state index in [4.69, 9.17) is 16.7 Å². The Morgan fingerprint density at radius 1 is 1.39 bits per heavy atom. The van der Waals surface area contributed by atoms with Gasteiger partial charge in [0.05, 0.1) is 5.02 Å². The van der Waals surface area contributed by atoms with Gasteiger partial charge in [0.15, 0.2) is 0 Å². The fraction of sp³-hybridized carbons (Fsp3) is 0.154. The van der Waals surface area contributed by atoms with E-state index >= 15 is 0 Å². The number of ether oxygens (including phenoxy) is 1. The molecule has 1 aromatic carbocycles. The lowest BCUT2D eigenvalue weighted by atomic mass is 10.3. The predicted molar refractivity (Wildman–Crippen MR) is 75.9 cm³/mol. The molecule has 0 unspecified atom stereocenters. The van der Waals surface area contributed by atoms with E-state index in [1.54, 1.807) is 0 Å². The van der Waals surface area contributed by atoms with Gasteiger partial charge in [-0.2, -0.15) is 13.9 Å². The minimum absolute atomic E-state index is 0.0245. The number of halogens is 3. The van der Waals surface area contributed by atoms with Gasteiger partial charge in [-0.05, 0) is 24.3 Å². The van der Waals surface area contributed by atoms with Crippen LogP contribution in [0.1, 0.15) is 10.5 Å². The lowest BCUT2D eigenvalue weighted by Gasteiger charge is -2.10. The van der Waals surface area contributed by atoms with Crippen molar-refractivity contribution < 1.29 is 28.2 Å². The van der Waals surface area contributed by atoms with Gasteiger partial charge in [0.2, 0.25) is 0 Å². The quantitative estimate of drug-likeness (QED) is 0.839. The molecule has 10 heteroatoms. The SMILES string of the molecule is O=C(O)Cn1nccc1C(=O)Nc1ccc(OC(F)F)c(Cl)c1. The van der Waals surface area contributed by atoms with E-state index in [-0.39, 0.29) is 22.2 Å². The summed E-state index contributed by atoms with van der Waals surface area (Å²) in [5.41, 5.74) is 0.251. The largest absolute Gasteiger partial charge is 0.480 e. The number of carboxylic acid groups (broad SMARTS) is 1. The third-order valence-corrected chi connectivity index (χ3v) is 2.94. The van der Waals surface area contributed by atoms with Crippen molar-refractivity contribution in [1.82, 2.24) is 9.78 Å². The summed E-state index contributed by atoms with van der Waals surface area (Å²) in [5, 5.41) is 14.8. The van der Waals surface area contributed by atoms with E-state index < -0.39 is 25.0 Å². The van der Waals surface area contributed by atoms with Crippen molar-refractivity contribution in [3.63, 3.8) is 0 Å². The highest BCUT2D eigenvalue weighted by molar-refractivity contribution is 6.32. The van der Waals surface area contributed by atoms with Gasteiger partial charge in [0.1, 0.15) is 18.0 Å². The molecular formula is C13H10ClF2N3O4. The third kappa shape index (κ3) is 4.39. The number of benzene rings is 1. The molecule has 0 bridgehead atoms. The first kappa shape index (κ1) is 16.7. The standard InChI is InChI=1S/C13H10ClF2N3O4/c14-8-5-7(1-2-10(8)23-13(15)16)18-12(22)9-3-4-17-19(9)6-11(20)21/h1-5,13H,6H2,(H,18,22)(H,20,21). The van der Waals surface area contributed by atoms with Crippen LogP contribution in [0, 0.1) is 0 Å². The van der Waals surface area contributed by atoms with Crippen molar-refractivity contribution >= 4 is 29.2 Å². The van der Waals surface area contributed by atoms with Crippen LogP contribution >= 0.6 is 11.6 Å². The Morgan fingerprint density at radius 2 is 2.13 bits per heavy atom. The second kappa shape index (κ2) is 7.05. The number of anilines is 1. The summed E-state index contributed by atoms with van der Waals surface area (Å²) in [6.45, 7) is -3.49. The molecule has 0 atom stereocenters. The summed E-state index contributed by atoms with van der Waals surface area (Å²) in [6, 6.07) is 5.07. The minimum Gasteiger partial charge on any atom is -0.480 e. The molecule has 0 fully saturated rings. The van der Waals surface area contributed by atoms with Crippen LogP contribution in [0.3, 0.4) is 0 Å². The molecule has 0 saturated heterocycles. The molecule has 0 saturated carbocycles. The zero-order valence-electron chi connectivity index (χ0n) is 11.4. The number of aromatic nitrogens is 2. The monoisotopic (exact) mass is 345 g/mol. The summed E-state index contributed by atoms with van der Waals surface area (Å²) in [7, 11) is 0. The van der Waals surface area contributed by atoms with Crippen molar-refractivity contribution in [1.29, 1.82) is 0 Å². The molecule has 0 aliphatic carbocycles. The number of aliphatic carboxylic acids is 1. The van der Waals surface area contributed by atoms with E-state index in [0.717, 1.165) is 4.68 Å². The van der Waals surface area contributed by atoms with Crippen molar-refractivity contribution in [3.05, 3.63) is 41.2 Å². The molecule has 0 radical (unpaired) electrons. The number of hydrogen-bond acceptors (Lipinski definition) is 4. The molecule has 0 aliphatic heterocycles. The molecule has 1 amide bonds. The van der Waals surface area contributed by atoms with Crippen LogP contribution in [0.25, 0.3) is 0 Å². The highest BCUT2D eigenvalue weighted by Gasteiger charge is 2.15. The zero-order chi connectivity index (χ0) is 17.0. The number of rotatable bonds is 6. The number of alkyl halides is 2. The molecule has 7 nitrogen and oxygen atoms in total. The van der Waals surface area contributed by atoms with Gasteiger partial charge in [-0.15, -0.1) is 0 Å². The number of nitrogens with zero attached hydrogens (tertiary/aromatic N) is 2. The van der Waals surface area contributed by atoms with E-state index in [2.05, 4.69) is 15.2 Å². The molecule has 2 N–H and O–H groups in total. The normalized spacial score (nSPS) is 10.6. The summed E-state index contributed by atoms with van der Waals surface area (Å²) < 4.78 is 29.5. The average molecular weight is 346 g/mol. The Balaban J connectivity index is 2.13. The molecule has 23 heavy (non-hydrogen) atoms. The van der Waals surface area contributed by atoms with Crippen LogP contribution in [-0.4, -0.2) is 33.4 Å². The molecule has 1 heterocycles. The van der Waals surface area contributed by atoms with E-state index in [1.807, 2.05) is 0 Å². The summed E-state index contributed by atoms with van der Waals surface area (Å²) in [4.78, 5) is 22.8. The Kier molecular flexibility index (Phi) is 5.12. The molecule has 0 aliphatic rings. The number of carbonyl (C=O) groups excluding carboxylic acids is 1. The second-order valence-electron chi connectivity index (χ2n) is 4.25. The van der Waals surface area contributed by atoms with Gasteiger partial charge in [0, 0.05) is 11.9 Å². The highest BCUT2D eigenvalue weighted by Crippen LogP contribution is 2.29. The summed E-state index contributed by atoms with van der Waals surface area (Å²) >= 11 is 5.78. The summed E-state index contributed by atoms with van der Waals surface area (Å²) in [6.07, 6.45) is 1.28. The fourth-order valence-electron chi connectivity index (χ4n) is 1.74. The topological polar surface area (TPSA) is 93.5 Å². The van der Waals surface area contributed by atoms with Gasteiger partial charge < -0.3 is 15.2 Å². The predicted octanol–water partition coefficient (Wildman–Crippen LogP) is 2.47. The molecule has 1 aromatic heterocycles. The second-order valence-corrected chi connectivity index (χ2v) is 4.65. The van der Waals surface area contributed by atoms with Crippen LogP contribution in [0.2, 0.25) is 5.02 Å². The Labute approximate surface area is 133 Å². The number of hydrogen-bond donors (Lipinski definition) is 2. The third-order valence-electron chi connectivity index (χ3n) is 2.64. The molecule has 122 valence electrons. The highest BCUT2D eigenvalue weighted by atomic mass is 35.5. The zero-order valence-corrected chi connectivity index (χ0v) is 12.1. The van der Waals surface area contributed by atoms with Crippen molar-refractivity contribution in [2.75, 3.05) is 5.32 Å². The average Bonchev–Trinajstić information content (AvgIpc) is 2.88. The van der Waals surface area contributed by atoms with Crippen molar-refractivity contribution in [3.8, 4) is 5.75 Å². The lowest BCUT2D eigenvalue weighted by molar-refractivity contribution is -0.137. The summed E-state index contributed by atoms with van der Waals surface area (Å²) in [5.74, 6) is -2.00. The minimum atomic E-state index is -3.02. The van der Waals surface area contributed by atoms with Gasteiger partial charge in [0.25, 0.3) is 5.91 Å². The van der Waals surface area contributed by atoms with Crippen LogP contribution < -0.4 is 10.1 Å². The molecule has 2 rings (SSSR count). The van der Waals surface area contributed by atoms with Crippen molar-refractivity contribution in [2.24, 2.45) is 0 Å². The molecular weight excluding hydrogens is 336 g/mol. The van der Waals surface area contributed by atoms with E-state index in [9.17, 15) is 18.4 Å². The van der Waals surface area contributed by atoms with Gasteiger partial charge >= 0.3 is 12.6 Å². The number of carbonyl (C=O) groups is 2. The smallest absolute Gasteiger partial charge is 0.387 e. The van der Waals surface area contributed by atoms with Gasteiger partial charge in [-0.3, -0.25) is 9.59 Å². The fourth-order valence-corrected chi connectivity index (χ4v) is 1.97. The first-order valence-corrected chi connectivity index (χ1v) is 6.54. The molecule has 2 aromatic rings. The van der Waals surface area contributed by atoms with Crippen LogP contribution in [0.5, 0.6) is 5.75 Å². The Hall–Kier alpha value is -2.68. The number of carboxylic acids is 1. The molecule has 0 spiro atoms. The van der Waals surface area contributed by atoms with E-state index in [0.29, 0.717) is 0 Å². The van der Waals surface area contributed by atoms with Gasteiger partial charge in [-0.1, -0.05) is 11.6 Å². The van der Waals surface area contributed by atoms with Crippen LogP contribution in [0.4, 0.5) is 14.5 Å². The number of amides is 1. The first-order chi connectivity index (χ1) is 10.9. The van der Waals surface area contributed by atoms with Crippen molar-refractivity contribution in [2.45, 2.75) is 13.2 Å². The van der Waals surface area contributed by atoms with Crippen LogP contribution in [0.15, 0.2) is 30.5 Å². The lowest BCUT2D eigenvalue weighted by Crippen LogP contribution is -2.20. The Morgan fingerprint density at radius 3 is 2.74 bits per heavy atom. The van der Waals surface area contributed by atoms with Gasteiger partial charge in [-0.25, -0.2) is 4.68 Å². The van der Waals surface area contributed by atoms with E-state index in [1.165, 1.54) is 30.5 Å². The maximum Gasteiger partial charge on any atom is 0.387 e. The first-order valence-electron chi connectivity index (χ1n) is 6.16.